The number of rotatable bonds is 3. The summed E-state index contributed by atoms with van der Waals surface area (Å²) >= 11 is 0. The maximum Gasteiger partial charge on any atom is 0.128 e. The Hall–Kier alpha value is -2.34. The van der Waals surface area contributed by atoms with Crippen molar-refractivity contribution in [1.82, 2.24) is 9.97 Å². The molecule has 0 radical (unpaired) electrons. The molecular weight excluding hydrogens is 252 g/mol. The Kier molecular flexibility index (Phi) is 3.64. The van der Waals surface area contributed by atoms with Gasteiger partial charge in [-0.05, 0) is 24.3 Å². The van der Waals surface area contributed by atoms with E-state index in [-0.39, 0.29) is 0 Å². The summed E-state index contributed by atoms with van der Waals surface area (Å²) in [6, 6.07) is 9.94. The Morgan fingerprint density at radius 2 is 1.60 bits per heavy atom. The van der Waals surface area contributed by atoms with Gasteiger partial charge in [-0.2, -0.15) is 0 Å². The van der Waals surface area contributed by atoms with Gasteiger partial charge in [-0.1, -0.05) is 6.07 Å². The van der Waals surface area contributed by atoms with Crippen LogP contribution in [-0.4, -0.2) is 36.1 Å². The molecule has 20 heavy (non-hydrogen) atoms. The van der Waals surface area contributed by atoms with Crippen LogP contribution in [0.25, 0.3) is 0 Å². The van der Waals surface area contributed by atoms with E-state index >= 15 is 0 Å². The van der Waals surface area contributed by atoms with Crippen LogP contribution < -0.4 is 21.1 Å². The molecule has 0 saturated carbocycles. The maximum atomic E-state index is 5.34. The highest BCUT2D eigenvalue weighted by Gasteiger charge is 2.18. The van der Waals surface area contributed by atoms with Crippen molar-refractivity contribution in [2.24, 2.45) is 5.84 Å². The molecule has 3 heterocycles. The van der Waals surface area contributed by atoms with E-state index in [4.69, 9.17) is 5.84 Å². The number of piperazine rings is 1. The summed E-state index contributed by atoms with van der Waals surface area (Å²) in [6.07, 6.45) is 3.59. The molecule has 0 aliphatic carbocycles. The quantitative estimate of drug-likeness (QED) is 0.642. The Balaban J connectivity index is 1.63. The van der Waals surface area contributed by atoms with E-state index in [1.54, 1.807) is 6.20 Å². The molecule has 2 aromatic rings. The normalized spacial score (nSPS) is 15.2. The number of nitrogen functional groups attached to an aromatic ring is 1. The van der Waals surface area contributed by atoms with Crippen molar-refractivity contribution in [1.29, 1.82) is 0 Å². The minimum absolute atomic E-state index is 0.820. The minimum atomic E-state index is 0.820. The van der Waals surface area contributed by atoms with Gasteiger partial charge in [0.15, 0.2) is 0 Å². The monoisotopic (exact) mass is 270 g/mol. The van der Waals surface area contributed by atoms with Crippen LogP contribution in [-0.2, 0) is 0 Å². The molecule has 0 atom stereocenters. The number of nitrogens with one attached hydrogen (secondary N) is 1. The fourth-order valence-corrected chi connectivity index (χ4v) is 2.36. The van der Waals surface area contributed by atoms with Gasteiger partial charge >= 0.3 is 0 Å². The number of pyridine rings is 2. The zero-order valence-electron chi connectivity index (χ0n) is 11.2. The van der Waals surface area contributed by atoms with Crippen LogP contribution in [0.4, 0.5) is 17.3 Å². The van der Waals surface area contributed by atoms with Gasteiger partial charge in [0.1, 0.15) is 11.6 Å². The third-order valence-electron chi connectivity index (χ3n) is 3.49. The Morgan fingerprint density at radius 1 is 0.900 bits per heavy atom. The number of hydrazine groups is 1. The molecule has 2 aromatic heterocycles. The maximum absolute atomic E-state index is 5.34. The van der Waals surface area contributed by atoms with Gasteiger partial charge in [0.2, 0.25) is 0 Å². The van der Waals surface area contributed by atoms with E-state index in [1.165, 1.54) is 0 Å². The molecule has 6 heteroatoms. The molecular formula is C14H18N6. The molecule has 3 rings (SSSR count). The van der Waals surface area contributed by atoms with Crippen molar-refractivity contribution in [2.45, 2.75) is 0 Å². The first-order valence-electron chi connectivity index (χ1n) is 6.70. The lowest BCUT2D eigenvalue weighted by Gasteiger charge is -2.36. The van der Waals surface area contributed by atoms with Crippen LogP contribution in [0.2, 0.25) is 0 Å². The molecule has 6 nitrogen and oxygen atoms in total. The van der Waals surface area contributed by atoms with E-state index in [0.717, 1.165) is 43.5 Å². The number of aromatic nitrogens is 2. The van der Waals surface area contributed by atoms with E-state index in [1.807, 2.05) is 30.5 Å². The second kappa shape index (κ2) is 5.75. The third kappa shape index (κ3) is 2.65. The molecule has 1 aliphatic rings. The molecule has 3 N–H and O–H groups in total. The lowest BCUT2D eigenvalue weighted by Crippen LogP contribution is -2.47. The van der Waals surface area contributed by atoms with Crippen molar-refractivity contribution in [2.75, 3.05) is 41.4 Å². The summed E-state index contributed by atoms with van der Waals surface area (Å²) in [5, 5.41) is 0. The van der Waals surface area contributed by atoms with Gasteiger partial charge in [0.05, 0.1) is 11.9 Å². The summed E-state index contributed by atoms with van der Waals surface area (Å²) in [5.41, 5.74) is 3.41. The van der Waals surface area contributed by atoms with Gasteiger partial charge < -0.3 is 15.2 Å². The smallest absolute Gasteiger partial charge is 0.128 e. The minimum Gasteiger partial charge on any atom is -0.353 e. The first-order chi connectivity index (χ1) is 9.86. The summed E-state index contributed by atoms with van der Waals surface area (Å²) in [5.74, 6) is 7.38. The van der Waals surface area contributed by atoms with Crippen molar-refractivity contribution in [3.8, 4) is 0 Å². The van der Waals surface area contributed by atoms with E-state index in [2.05, 4.69) is 31.3 Å². The Labute approximate surface area is 118 Å². The van der Waals surface area contributed by atoms with Crippen molar-refractivity contribution < 1.29 is 0 Å². The third-order valence-corrected chi connectivity index (χ3v) is 3.49. The van der Waals surface area contributed by atoms with Gasteiger partial charge in [-0.3, -0.25) is 5.84 Å². The van der Waals surface area contributed by atoms with Crippen LogP contribution >= 0.6 is 0 Å². The second-order valence-corrected chi connectivity index (χ2v) is 4.71. The summed E-state index contributed by atoms with van der Waals surface area (Å²) in [7, 11) is 0. The van der Waals surface area contributed by atoms with Crippen LogP contribution in [0.1, 0.15) is 0 Å². The lowest BCUT2D eigenvalue weighted by molar-refractivity contribution is 0.642. The Morgan fingerprint density at radius 3 is 2.10 bits per heavy atom. The van der Waals surface area contributed by atoms with E-state index in [9.17, 15) is 0 Å². The van der Waals surface area contributed by atoms with Crippen LogP contribution in [0.15, 0.2) is 42.7 Å². The summed E-state index contributed by atoms with van der Waals surface area (Å²) < 4.78 is 0. The molecule has 1 aliphatic heterocycles. The molecule has 0 bridgehead atoms. The van der Waals surface area contributed by atoms with Gasteiger partial charge in [0.25, 0.3) is 0 Å². The molecule has 0 aromatic carbocycles. The zero-order valence-corrected chi connectivity index (χ0v) is 11.2. The van der Waals surface area contributed by atoms with Gasteiger partial charge in [-0.15, -0.1) is 0 Å². The molecule has 1 fully saturated rings. The van der Waals surface area contributed by atoms with Crippen LogP contribution in [0.5, 0.6) is 0 Å². The molecule has 1 saturated heterocycles. The fourth-order valence-electron chi connectivity index (χ4n) is 2.36. The zero-order chi connectivity index (χ0) is 13.8. The molecule has 104 valence electrons. The number of nitrogens with two attached hydrogens (primary N) is 1. The van der Waals surface area contributed by atoms with Gasteiger partial charge in [-0.25, -0.2) is 9.97 Å². The summed E-state index contributed by atoms with van der Waals surface area (Å²) in [6.45, 7) is 3.79. The van der Waals surface area contributed by atoms with Crippen LogP contribution in [0.3, 0.4) is 0 Å². The summed E-state index contributed by atoms with van der Waals surface area (Å²) in [4.78, 5) is 13.4. The highest BCUT2D eigenvalue weighted by molar-refractivity contribution is 5.49. The van der Waals surface area contributed by atoms with E-state index < -0.39 is 0 Å². The predicted octanol–water partition coefficient (Wildman–Crippen LogP) is 1.09. The topological polar surface area (TPSA) is 70.3 Å². The fraction of sp³-hybridized carbons (Fsp3) is 0.286. The Bertz CT molecular complexity index is 533. The van der Waals surface area contributed by atoms with Crippen molar-refractivity contribution in [3.05, 3.63) is 42.7 Å². The highest BCUT2D eigenvalue weighted by Crippen LogP contribution is 2.18. The molecule has 0 unspecified atom stereocenters. The molecule has 0 amide bonds. The largest absolute Gasteiger partial charge is 0.353 e. The first-order valence-corrected chi connectivity index (χ1v) is 6.70. The predicted molar refractivity (Wildman–Crippen MR) is 80.7 cm³/mol. The standard InChI is InChI=1S/C14H18N6/c15-18-12-4-5-14(17-11-12)20-9-7-19(8-10-20)13-3-1-2-6-16-13/h1-6,11,18H,7-10,15H2. The number of anilines is 3. The number of hydrogen-bond donors (Lipinski definition) is 2. The van der Waals surface area contributed by atoms with Crippen LogP contribution in [0, 0.1) is 0 Å². The second-order valence-electron chi connectivity index (χ2n) is 4.71. The van der Waals surface area contributed by atoms with Crippen molar-refractivity contribution in [3.63, 3.8) is 0 Å². The average Bonchev–Trinajstić information content (AvgIpc) is 2.56. The van der Waals surface area contributed by atoms with Crippen molar-refractivity contribution >= 4 is 17.3 Å². The number of nitrogens with zero attached hydrogens (tertiary/aromatic N) is 4. The van der Waals surface area contributed by atoms with Gasteiger partial charge in [0, 0.05) is 32.4 Å². The average molecular weight is 270 g/mol. The number of hydrogen-bond acceptors (Lipinski definition) is 6. The lowest BCUT2D eigenvalue weighted by atomic mass is 10.3. The SMILES string of the molecule is NNc1ccc(N2CCN(c3ccccn3)CC2)nc1. The highest BCUT2D eigenvalue weighted by atomic mass is 15.3. The first kappa shape index (κ1) is 12.7. The molecule has 0 spiro atoms. The van der Waals surface area contributed by atoms with E-state index in [0.29, 0.717) is 0 Å².